The topological polar surface area (TPSA) is 83.2 Å². The molecule has 0 radical (unpaired) electrons. The summed E-state index contributed by atoms with van der Waals surface area (Å²) in [6.07, 6.45) is 17.4. The number of rotatable bonds is 9. The Morgan fingerprint density at radius 2 is 1.88 bits per heavy atom. The van der Waals surface area contributed by atoms with Crippen LogP contribution in [0.2, 0.25) is 0 Å². The summed E-state index contributed by atoms with van der Waals surface area (Å²) < 4.78 is 7.50. The zero-order chi connectivity index (χ0) is 30.2. The molecule has 1 fully saturated rings. The van der Waals surface area contributed by atoms with E-state index in [1.165, 1.54) is 17.6 Å². The average molecular weight is 582 g/mol. The van der Waals surface area contributed by atoms with Gasteiger partial charge in [0.25, 0.3) is 5.91 Å². The molecular formula is C33H51N5O2S. The second-order valence-electron chi connectivity index (χ2n) is 12.1. The number of aromatic nitrogens is 2. The fraction of sp³-hybridized carbons (Fsp3) is 0.606. The van der Waals surface area contributed by atoms with Gasteiger partial charge in [-0.15, -0.1) is 0 Å². The van der Waals surface area contributed by atoms with Gasteiger partial charge in [-0.05, 0) is 107 Å². The number of piperidine rings is 1. The highest BCUT2D eigenvalue weighted by atomic mass is 32.3. The molecule has 1 saturated heterocycles. The monoisotopic (exact) mass is 581 g/mol. The number of anilines is 1. The van der Waals surface area contributed by atoms with Crippen molar-refractivity contribution in [3.63, 3.8) is 0 Å². The molecule has 226 valence electrons. The number of likely N-dealkylation sites (tertiary alicyclic amines) is 1. The van der Waals surface area contributed by atoms with Gasteiger partial charge in [0.1, 0.15) is 12.8 Å². The first-order valence-electron chi connectivity index (χ1n) is 15.1. The van der Waals surface area contributed by atoms with Gasteiger partial charge in [-0.25, -0.2) is 15.0 Å². The Hall–Kier alpha value is -2.60. The number of allylic oxidation sites excluding steroid dienone is 2. The van der Waals surface area contributed by atoms with E-state index in [2.05, 4.69) is 85.2 Å². The highest BCUT2D eigenvalue weighted by Crippen LogP contribution is 2.39. The number of amides is 1. The Morgan fingerprint density at radius 3 is 2.49 bits per heavy atom. The van der Waals surface area contributed by atoms with Gasteiger partial charge in [0.05, 0.1) is 6.61 Å². The van der Waals surface area contributed by atoms with Crippen molar-refractivity contribution in [1.29, 1.82) is 5.26 Å². The van der Waals surface area contributed by atoms with E-state index >= 15 is 0 Å². The number of benzene rings is 1. The van der Waals surface area contributed by atoms with Gasteiger partial charge in [-0.1, -0.05) is 26.0 Å². The predicted molar refractivity (Wildman–Crippen MR) is 174 cm³/mol. The molecule has 1 N–H and O–H groups in total. The number of ether oxygens (including phenoxy) is 1. The number of imidazole rings is 1. The summed E-state index contributed by atoms with van der Waals surface area (Å²) in [5.41, 5.74) is 4.78. The Balaban J connectivity index is 0.00000226. The van der Waals surface area contributed by atoms with Crippen molar-refractivity contribution < 1.29 is 9.53 Å². The maximum absolute atomic E-state index is 13.5. The second kappa shape index (κ2) is 15.0. The van der Waals surface area contributed by atoms with Crippen LogP contribution in [0.5, 0.6) is 0 Å². The minimum absolute atomic E-state index is 0.191. The smallest absolute Gasteiger partial charge is 0.291 e. The highest BCUT2D eigenvalue weighted by molar-refractivity contribution is 8.32. The molecule has 7 nitrogen and oxygen atoms in total. The van der Waals surface area contributed by atoms with E-state index in [0.717, 1.165) is 49.1 Å². The van der Waals surface area contributed by atoms with Crippen molar-refractivity contribution in [3.8, 4) is 6.07 Å². The fourth-order valence-electron chi connectivity index (χ4n) is 5.63. The minimum Gasteiger partial charge on any atom is -0.360 e. The molecule has 1 amide bonds. The van der Waals surface area contributed by atoms with Gasteiger partial charge in [0.2, 0.25) is 5.82 Å². The minimum atomic E-state index is -0.671. The zero-order valence-corrected chi connectivity index (χ0v) is 27.3. The van der Waals surface area contributed by atoms with Crippen LogP contribution in [0, 0.1) is 11.3 Å². The van der Waals surface area contributed by atoms with Crippen LogP contribution in [0.15, 0.2) is 30.5 Å². The maximum atomic E-state index is 13.5. The van der Waals surface area contributed by atoms with E-state index in [1.807, 2.05) is 13.8 Å². The largest absolute Gasteiger partial charge is 0.360 e. The molecule has 4 rings (SSSR count). The Morgan fingerprint density at radius 1 is 1.17 bits per heavy atom. The SMILES string of the molecule is CC.CC1CC(c2ccc(NC(=O)c3nc(C#N)cn3COCCS(C)(C)C)c(C3=CCCCC3)c2)CC(C)N1C. The number of hydrogen-bond donors (Lipinski definition) is 1. The number of carbonyl (C=O) groups is 1. The van der Waals surface area contributed by atoms with Gasteiger partial charge in [0.15, 0.2) is 5.69 Å². The van der Waals surface area contributed by atoms with Crippen molar-refractivity contribution in [2.45, 2.75) is 91.0 Å². The summed E-state index contributed by atoms with van der Waals surface area (Å²) >= 11 is 0. The van der Waals surface area contributed by atoms with Gasteiger partial charge < -0.3 is 19.5 Å². The standard InChI is InChI=1S/C31H45N5O2S.C2H6/c1-22-16-26(17-23(2)35(22)3)25-12-13-29(28(18-25)24-10-8-7-9-11-24)34-31(37)30-33-27(19-32)20-36(30)21-38-14-15-39(4,5)6;1-2/h10,12-13,18,20,22-23,26H,7-9,11,14-17,21H2,1-6H3,(H,34,37);1-2H3. The maximum Gasteiger partial charge on any atom is 0.291 e. The second-order valence-corrected chi connectivity index (χ2v) is 16.7. The molecule has 1 aliphatic heterocycles. The van der Waals surface area contributed by atoms with Crippen LogP contribution in [-0.2, 0) is 11.5 Å². The highest BCUT2D eigenvalue weighted by Gasteiger charge is 2.30. The van der Waals surface area contributed by atoms with E-state index in [0.29, 0.717) is 24.6 Å². The lowest BCUT2D eigenvalue weighted by Crippen LogP contribution is -2.43. The third kappa shape index (κ3) is 8.94. The summed E-state index contributed by atoms with van der Waals surface area (Å²) in [5.74, 6) is 1.35. The number of nitrogens with one attached hydrogen (secondary N) is 1. The lowest BCUT2D eigenvalue weighted by Gasteiger charge is -2.40. The van der Waals surface area contributed by atoms with Crippen molar-refractivity contribution in [1.82, 2.24) is 14.5 Å². The van der Waals surface area contributed by atoms with Crippen LogP contribution in [0.1, 0.15) is 99.6 Å². The third-order valence-corrected chi connectivity index (χ3v) is 9.60. The number of carbonyl (C=O) groups excluding carboxylic acids is 1. The van der Waals surface area contributed by atoms with Crippen LogP contribution in [0.25, 0.3) is 5.57 Å². The first-order chi connectivity index (χ1) is 19.6. The van der Waals surface area contributed by atoms with E-state index in [1.54, 1.807) is 10.8 Å². The molecule has 2 aliphatic rings. The van der Waals surface area contributed by atoms with Gasteiger partial charge in [-0.3, -0.25) is 4.79 Å². The van der Waals surface area contributed by atoms with E-state index in [9.17, 15) is 10.1 Å². The lowest BCUT2D eigenvalue weighted by atomic mass is 9.81. The number of nitriles is 1. The Bertz CT molecular complexity index is 1230. The quantitative estimate of drug-likeness (QED) is 0.316. The molecule has 0 spiro atoms. The zero-order valence-electron chi connectivity index (χ0n) is 26.5. The number of hydrogen-bond acceptors (Lipinski definition) is 5. The summed E-state index contributed by atoms with van der Waals surface area (Å²) in [7, 11) is 1.55. The summed E-state index contributed by atoms with van der Waals surface area (Å²) in [4.78, 5) is 20.3. The molecule has 1 aliphatic carbocycles. The fourth-order valence-corrected chi connectivity index (χ4v) is 6.25. The van der Waals surface area contributed by atoms with E-state index < -0.39 is 10.0 Å². The molecule has 1 aromatic heterocycles. The first kappa shape index (κ1) is 32.9. The van der Waals surface area contributed by atoms with Crippen molar-refractivity contribution in [2.24, 2.45) is 0 Å². The number of nitrogens with zero attached hydrogens (tertiary/aromatic N) is 4. The molecule has 1 aromatic carbocycles. The normalized spacial score (nSPS) is 21.7. The average Bonchev–Trinajstić information content (AvgIpc) is 3.38. The predicted octanol–water partition coefficient (Wildman–Crippen LogP) is 7.24. The Kier molecular flexibility index (Phi) is 12.1. The van der Waals surface area contributed by atoms with Crippen LogP contribution in [0.4, 0.5) is 5.69 Å². The molecule has 8 heteroatoms. The van der Waals surface area contributed by atoms with Crippen molar-refractivity contribution >= 4 is 27.2 Å². The molecule has 2 heterocycles. The lowest BCUT2D eigenvalue weighted by molar-refractivity contribution is 0.0826. The third-order valence-electron chi connectivity index (χ3n) is 8.21. The Labute approximate surface area is 249 Å². The van der Waals surface area contributed by atoms with Gasteiger partial charge in [0, 0.05) is 35.3 Å². The summed E-state index contributed by atoms with van der Waals surface area (Å²) in [6, 6.07) is 9.70. The van der Waals surface area contributed by atoms with E-state index in [4.69, 9.17) is 4.74 Å². The molecule has 2 unspecified atom stereocenters. The van der Waals surface area contributed by atoms with Crippen LogP contribution < -0.4 is 5.32 Å². The molecule has 0 saturated carbocycles. The van der Waals surface area contributed by atoms with Crippen LogP contribution >= 0.6 is 10.0 Å². The molecule has 0 bridgehead atoms. The van der Waals surface area contributed by atoms with Crippen LogP contribution in [-0.4, -0.2) is 70.6 Å². The summed E-state index contributed by atoms with van der Waals surface area (Å²) in [5, 5.41) is 12.6. The first-order valence-corrected chi connectivity index (χ1v) is 18.2. The van der Waals surface area contributed by atoms with Crippen molar-refractivity contribution in [3.05, 3.63) is 53.1 Å². The van der Waals surface area contributed by atoms with Gasteiger partial charge in [-0.2, -0.15) is 5.26 Å². The summed E-state index contributed by atoms with van der Waals surface area (Å²) in [6.45, 7) is 9.42. The van der Waals surface area contributed by atoms with Gasteiger partial charge >= 0.3 is 0 Å². The molecular weight excluding hydrogens is 530 g/mol. The van der Waals surface area contributed by atoms with Crippen LogP contribution in [0.3, 0.4) is 0 Å². The molecule has 41 heavy (non-hydrogen) atoms. The molecule has 2 atom stereocenters. The van der Waals surface area contributed by atoms with Crippen molar-refractivity contribution in [2.75, 3.05) is 43.5 Å². The molecule has 2 aromatic rings. The van der Waals surface area contributed by atoms with E-state index in [-0.39, 0.29) is 24.2 Å².